The lowest BCUT2D eigenvalue weighted by molar-refractivity contribution is -0.113. The smallest absolute Gasteiger partial charge is 0.235 e. The Labute approximate surface area is 202 Å². The highest BCUT2D eigenvalue weighted by Crippen LogP contribution is 2.37. The number of carbonyl (C=O) groups excluding carboxylic acids is 1. The molecular weight excluding hydrogens is 454 g/mol. The van der Waals surface area contributed by atoms with Crippen LogP contribution >= 0.6 is 23.1 Å². The maximum Gasteiger partial charge on any atom is 0.235 e. The number of hydrogen-bond acceptors (Lipinski definition) is 7. The van der Waals surface area contributed by atoms with Gasteiger partial charge in [-0.05, 0) is 62.3 Å². The van der Waals surface area contributed by atoms with Crippen molar-refractivity contribution in [3.63, 3.8) is 0 Å². The van der Waals surface area contributed by atoms with Gasteiger partial charge in [0, 0.05) is 11.4 Å². The first-order valence-electron chi connectivity index (χ1n) is 11.2. The predicted octanol–water partition coefficient (Wildman–Crippen LogP) is 4.98. The summed E-state index contributed by atoms with van der Waals surface area (Å²) in [7, 11) is 0. The van der Waals surface area contributed by atoms with Crippen LogP contribution in [0.3, 0.4) is 0 Å². The number of rotatable bonds is 9. The molecule has 1 aliphatic carbocycles. The number of anilines is 1. The Kier molecular flexibility index (Phi) is 7.68. The largest absolute Gasteiger partial charge is 0.486 e. The molecule has 3 aromatic rings. The molecule has 172 valence electrons. The summed E-state index contributed by atoms with van der Waals surface area (Å²) in [5, 5.41) is 22.4. The van der Waals surface area contributed by atoms with Crippen LogP contribution in [0.2, 0.25) is 0 Å². The Hall–Kier alpha value is -2.83. The molecule has 33 heavy (non-hydrogen) atoms. The van der Waals surface area contributed by atoms with Crippen molar-refractivity contribution in [3.8, 4) is 11.8 Å². The number of nitrogens with zero attached hydrogens (tertiary/aromatic N) is 4. The van der Waals surface area contributed by atoms with Crippen LogP contribution < -0.4 is 10.1 Å². The van der Waals surface area contributed by atoms with Gasteiger partial charge < -0.3 is 14.6 Å². The first-order chi connectivity index (χ1) is 16.1. The molecule has 1 N–H and O–H groups in total. The third-order valence-electron chi connectivity index (χ3n) is 5.68. The molecule has 1 aromatic carbocycles. The van der Waals surface area contributed by atoms with Crippen LogP contribution in [0.25, 0.3) is 0 Å². The molecule has 2 heterocycles. The molecular formula is C24H27N5O2S2. The minimum absolute atomic E-state index is 0.144. The van der Waals surface area contributed by atoms with Gasteiger partial charge in [0.25, 0.3) is 0 Å². The second-order valence-electron chi connectivity index (χ2n) is 7.79. The molecule has 2 aromatic heterocycles. The Bertz CT molecular complexity index is 1160. The van der Waals surface area contributed by atoms with E-state index in [0.29, 0.717) is 28.9 Å². The van der Waals surface area contributed by atoms with Crippen LogP contribution in [0.15, 0.2) is 29.4 Å². The van der Waals surface area contributed by atoms with Gasteiger partial charge in [0.05, 0.1) is 11.3 Å². The maximum atomic E-state index is 12.6. The summed E-state index contributed by atoms with van der Waals surface area (Å²) in [6, 6.07) is 10.3. The third-order valence-corrected chi connectivity index (χ3v) is 7.85. The Balaban J connectivity index is 1.35. The van der Waals surface area contributed by atoms with E-state index in [2.05, 4.69) is 40.6 Å². The molecule has 0 saturated heterocycles. The zero-order valence-electron chi connectivity index (χ0n) is 18.9. The van der Waals surface area contributed by atoms with Crippen molar-refractivity contribution in [1.82, 2.24) is 14.8 Å². The zero-order valence-corrected chi connectivity index (χ0v) is 20.5. The molecule has 0 fully saturated rings. The number of nitriles is 1. The normalized spacial score (nSPS) is 12.8. The summed E-state index contributed by atoms with van der Waals surface area (Å²) in [6.07, 6.45) is 5.15. The Morgan fingerprint density at radius 3 is 2.76 bits per heavy atom. The number of thiophene rings is 1. The van der Waals surface area contributed by atoms with E-state index in [9.17, 15) is 10.1 Å². The van der Waals surface area contributed by atoms with Crippen molar-refractivity contribution in [1.29, 1.82) is 5.26 Å². The highest BCUT2D eigenvalue weighted by molar-refractivity contribution is 7.99. The minimum Gasteiger partial charge on any atom is -0.486 e. The maximum absolute atomic E-state index is 12.6. The lowest BCUT2D eigenvalue weighted by atomic mass is 9.96. The molecule has 0 aliphatic heterocycles. The summed E-state index contributed by atoms with van der Waals surface area (Å²) < 4.78 is 7.84. The monoisotopic (exact) mass is 481 g/mol. The van der Waals surface area contributed by atoms with Crippen LogP contribution in [0, 0.1) is 11.3 Å². The van der Waals surface area contributed by atoms with E-state index in [0.717, 1.165) is 49.2 Å². The topological polar surface area (TPSA) is 92.8 Å². The number of thioether (sulfide) groups is 1. The SMILES string of the molecule is CCc1ccc(OCc2nnc(SCC(=O)Nc3sc4c(c3C#N)CCCC4)n2CC)cc1. The number of benzene rings is 1. The van der Waals surface area contributed by atoms with E-state index in [1.165, 1.54) is 22.2 Å². The van der Waals surface area contributed by atoms with Gasteiger partial charge >= 0.3 is 0 Å². The number of aromatic nitrogens is 3. The molecule has 1 amide bonds. The van der Waals surface area contributed by atoms with Crippen molar-refractivity contribution < 1.29 is 9.53 Å². The van der Waals surface area contributed by atoms with E-state index in [1.807, 2.05) is 23.6 Å². The number of amides is 1. The van der Waals surface area contributed by atoms with Crippen LogP contribution in [-0.4, -0.2) is 26.4 Å². The summed E-state index contributed by atoms with van der Waals surface area (Å²) in [4.78, 5) is 13.9. The summed E-state index contributed by atoms with van der Waals surface area (Å²) in [5.41, 5.74) is 3.02. The van der Waals surface area contributed by atoms with Crippen molar-refractivity contribution in [3.05, 3.63) is 51.7 Å². The number of hydrogen-bond donors (Lipinski definition) is 1. The van der Waals surface area contributed by atoms with Crippen LogP contribution in [0.1, 0.15) is 54.1 Å². The standard InChI is InChI=1S/C24H27N5O2S2/c1-3-16-9-11-17(12-10-16)31-14-21-27-28-24(29(21)4-2)32-15-22(30)26-23-19(13-25)18-7-5-6-8-20(18)33-23/h9-12H,3-8,14-15H2,1-2H3,(H,26,30). The lowest BCUT2D eigenvalue weighted by Crippen LogP contribution is -2.15. The number of nitrogens with one attached hydrogen (secondary N) is 1. The van der Waals surface area contributed by atoms with E-state index in [-0.39, 0.29) is 11.7 Å². The van der Waals surface area contributed by atoms with Gasteiger partial charge in [0.2, 0.25) is 5.91 Å². The molecule has 0 radical (unpaired) electrons. The minimum atomic E-state index is -0.144. The average Bonchev–Trinajstić information content (AvgIpc) is 3.41. The fraction of sp³-hybridized carbons (Fsp3) is 0.417. The van der Waals surface area contributed by atoms with Crippen LogP contribution in [0.4, 0.5) is 5.00 Å². The Morgan fingerprint density at radius 2 is 2.03 bits per heavy atom. The van der Waals surface area contributed by atoms with Gasteiger partial charge in [-0.3, -0.25) is 4.79 Å². The molecule has 0 atom stereocenters. The van der Waals surface area contributed by atoms with Crippen molar-refractivity contribution in [2.45, 2.75) is 64.3 Å². The van der Waals surface area contributed by atoms with Gasteiger partial charge in [0.15, 0.2) is 11.0 Å². The van der Waals surface area contributed by atoms with E-state index in [4.69, 9.17) is 4.74 Å². The predicted molar refractivity (Wildman–Crippen MR) is 131 cm³/mol. The number of aryl methyl sites for hydroxylation is 2. The first-order valence-corrected chi connectivity index (χ1v) is 13.0. The molecule has 0 saturated carbocycles. The van der Waals surface area contributed by atoms with Gasteiger partial charge in [-0.25, -0.2) is 0 Å². The van der Waals surface area contributed by atoms with E-state index < -0.39 is 0 Å². The summed E-state index contributed by atoms with van der Waals surface area (Å²) >= 11 is 2.88. The summed E-state index contributed by atoms with van der Waals surface area (Å²) in [5.74, 6) is 1.57. The molecule has 1 aliphatic rings. The van der Waals surface area contributed by atoms with Crippen LogP contribution in [0.5, 0.6) is 5.75 Å². The number of carbonyl (C=O) groups is 1. The first kappa shape index (κ1) is 23.3. The van der Waals surface area contributed by atoms with Gasteiger partial charge in [0.1, 0.15) is 23.4 Å². The molecule has 4 rings (SSSR count). The molecule has 0 unspecified atom stereocenters. The molecule has 7 nitrogen and oxygen atoms in total. The molecule has 0 bridgehead atoms. The fourth-order valence-electron chi connectivity index (χ4n) is 3.88. The zero-order chi connectivity index (χ0) is 23.2. The quantitative estimate of drug-likeness (QED) is 0.433. The van der Waals surface area contributed by atoms with Crippen LogP contribution in [-0.2, 0) is 37.2 Å². The van der Waals surface area contributed by atoms with E-state index >= 15 is 0 Å². The van der Waals surface area contributed by atoms with Crippen molar-refractivity contribution >= 4 is 34.0 Å². The van der Waals surface area contributed by atoms with Gasteiger partial charge in [-0.1, -0.05) is 30.8 Å². The second kappa shape index (κ2) is 10.9. The van der Waals surface area contributed by atoms with Crippen molar-refractivity contribution in [2.75, 3.05) is 11.1 Å². The Morgan fingerprint density at radius 1 is 1.24 bits per heavy atom. The molecule has 9 heteroatoms. The van der Waals surface area contributed by atoms with Crippen molar-refractivity contribution in [2.24, 2.45) is 0 Å². The second-order valence-corrected chi connectivity index (χ2v) is 9.84. The summed E-state index contributed by atoms with van der Waals surface area (Å²) in [6.45, 7) is 5.13. The fourth-order valence-corrected chi connectivity index (χ4v) is 5.96. The average molecular weight is 482 g/mol. The number of fused-ring (bicyclic) bond motifs is 1. The highest BCUT2D eigenvalue weighted by atomic mass is 32.2. The highest BCUT2D eigenvalue weighted by Gasteiger charge is 2.22. The third kappa shape index (κ3) is 5.40. The lowest BCUT2D eigenvalue weighted by Gasteiger charge is -2.09. The van der Waals surface area contributed by atoms with Gasteiger partial charge in [-0.15, -0.1) is 21.5 Å². The van der Waals surface area contributed by atoms with Gasteiger partial charge in [-0.2, -0.15) is 5.26 Å². The number of ether oxygens (including phenoxy) is 1. The van der Waals surface area contributed by atoms with E-state index in [1.54, 1.807) is 11.3 Å². The molecule has 0 spiro atoms.